The second kappa shape index (κ2) is 14.5. The Balaban J connectivity index is 2.11. The van der Waals surface area contributed by atoms with Gasteiger partial charge in [0, 0.05) is 19.0 Å². The van der Waals surface area contributed by atoms with Gasteiger partial charge in [-0.25, -0.2) is 8.42 Å². The molecule has 7 nitrogen and oxygen atoms in total. The number of hydrogen-bond acceptors (Lipinski definition) is 4. The zero-order valence-corrected chi connectivity index (χ0v) is 26.1. The summed E-state index contributed by atoms with van der Waals surface area (Å²) < 4.78 is 66.6. The molecule has 2 amide bonds. The maximum Gasteiger partial charge on any atom is 0.416 e. The summed E-state index contributed by atoms with van der Waals surface area (Å²) >= 11 is 12.3. The molecule has 0 aromatic heterocycles. The minimum absolute atomic E-state index is 0.0819. The molecule has 0 saturated carbocycles. The molecule has 0 aliphatic heterocycles. The Morgan fingerprint density at radius 1 is 0.930 bits per heavy atom. The van der Waals surface area contributed by atoms with E-state index in [0.29, 0.717) is 22.4 Å². The van der Waals surface area contributed by atoms with E-state index in [1.54, 1.807) is 36.4 Å². The van der Waals surface area contributed by atoms with Crippen LogP contribution in [-0.4, -0.2) is 50.0 Å². The van der Waals surface area contributed by atoms with Gasteiger partial charge in [-0.2, -0.15) is 13.2 Å². The van der Waals surface area contributed by atoms with Crippen LogP contribution < -0.4 is 9.62 Å². The molecule has 232 valence electrons. The Labute approximate surface area is 259 Å². The van der Waals surface area contributed by atoms with Crippen LogP contribution in [0.2, 0.25) is 10.0 Å². The lowest BCUT2D eigenvalue weighted by atomic mass is 10.0. The van der Waals surface area contributed by atoms with Crippen LogP contribution in [0.15, 0.2) is 72.8 Å². The number of amides is 2. The average molecular weight is 659 g/mol. The molecule has 0 bridgehead atoms. The van der Waals surface area contributed by atoms with E-state index in [9.17, 15) is 31.2 Å². The zero-order valence-electron chi connectivity index (χ0n) is 23.7. The van der Waals surface area contributed by atoms with Gasteiger partial charge in [-0.05, 0) is 54.8 Å². The van der Waals surface area contributed by atoms with Crippen molar-refractivity contribution in [2.75, 3.05) is 17.1 Å². The van der Waals surface area contributed by atoms with Gasteiger partial charge >= 0.3 is 6.18 Å². The minimum atomic E-state index is -4.74. The van der Waals surface area contributed by atoms with Crippen LogP contribution >= 0.6 is 23.2 Å². The lowest BCUT2D eigenvalue weighted by molar-refractivity contribution is -0.140. The van der Waals surface area contributed by atoms with Crippen LogP contribution in [0.4, 0.5) is 18.9 Å². The predicted octanol–water partition coefficient (Wildman–Crippen LogP) is 6.33. The quantitative estimate of drug-likeness (QED) is 0.247. The molecule has 3 aromatic rings. The van der Waals surface area contributed by atoms with Crippen molar-refractivity contribution in [1.82, 2.24) is 10.2 Å². The van der Waals surface area contributed by atoms with Crippen molar-refractivity contribution in [3.05, 3.63) is 99.5 Å². The van der Waals surface area contributed by atoms with Crippen LogP contribution in [0, 0.1) is 0 Å². The molecule has 13 heteroatoms. The number of nitrogens with one attached hydrogen (secondary N) is 1. The Hall–Kier alpha value is -3.28. The van der Waals surface area contributed by atoms with E-state index < -0.39 is 46.2 Å². The van der Waals surface area contributed by atoms with Crippen molar-refractivity contribution in [3.8, 4) is 0 Å². The first-order valence-electron chi connectivity index (χ1n) is 13.3. The van der Waals surface area contributed by atoms with Gasteiger partial charge in [-0.1, -0.05) is 72.6 Å². The maximum atomic E-state index is 14.1. The van der Waals surface area contributed by atoms with E-state index in [1.807, 2.05) is 13.8 Å². The molecule has 3 aromatic carbocycles. The summed E-state index contributed by atoms with van der Waals surface area (Å²) in [4.78, 5) is 29.0. The number of rotatable bonds is 12. The summed E-state index contributed by atoms with van der Waals surface area (Å²) in [6.07, 6.45) is -3.25. The summed E-state index contributed by atoms with van der Waals surface area (Å²) in [5.74, 6) is -1.29. The summed E-state index contributed by atoms with van der Waals surface area (Å²) in [5, 5.41) is 3.37. The van der Waals surface area contributed by atoms with E-state index >= 15 is 0 Å². The molecule has 0 unspecified atom stereocenters. The first-order valence-corrected chi connectivity index (χ1v) is 15.9. The molecular weight excluding hydrogens is 626 g/mol. The highest BCUT2D eigenvalue weighted by Gasteiger charge is 2.35. The summed E-state index contributed by atoms with van der Waals surface area (Å²) in [7, 11) is -4.24. The third-order valence-corrected chi connectivity index (χ3v) is 8.63. The topological polar surface area (TPSA) is 86.8 Å². The zero-order chi connectivity index (χ0) is 31.9. The standard InChI is InChI=1S/C30H32Cl2F3N3O4S/c1-4-20(2)36-29(40)27(16-21-9-6-5-7-10-21)37(18-22-13-14-25(31)26(32)15-22)28(39)19-38(43(3,41)42)24-12-8-11-23(17-24)30(33,34)35/h5-15,17,20,27H,4,16,18-19H2,1-3H3,(H,36,40)/t20-,27-/m1/s1. The molecule has 43 heavy (non-hydrogen) atoms. The Morgan fingerprint density at radius 2 is 1.60 bits per heavy atom. The van der Waals surface area contributed by atoms with Crippen LogP contribution in [-0.2, 0) is 38.8 Å². The van der Waals surface area contributed by atoms with Gasteiger partial charge in [0.1, 0.15) is 12.6 Å². The minimum Gasteiger partial charge on any atom is -0.352 e. The number of benzene rings is 3. The Morgan fingerprint density at radius 3 is 2.19 bits per heavy atom. The molecular formula is C30H32Cl2F3N3O4S. The molecule has 0 radical (unpaired) electrons. The van der Waals surface area contributed by atoms with Crippen molar-refractivity contribution >= 4 is 50.7 Å². The Kier molecular flexibility index (Phi) is 11.5. The normalized spacial score (nSPS) is 13.2. The molecule has 0 saturated heterocycles. The lowest BCUT2D eigenvalue weighted by Gasteiger charge is -2.34. The first-order chi connectivity index (χ1) is 20.1. The van der Waals surface area contributed by atoms with Gasteiger partial charge in [-0.3, -0.25) is 13.9 Å². The molecule has 0 fully saturated rings. The number of carbonyl (C=O) groups excluding carboxylic acids is 2. The number of hydrogen-bond donors (Lipinski definition) is 1. The number of halogens is 5. The Bertz CT molecular complexity index is 1540. The second-order valence-electron chi connectivity index (χ2n) is 10.1. The van der Waals surface area contributed by atoms with Gasteiger partial charge in [0.25, 0.3) is 0 Å². The average Bonchev–Trinajstić information content (AvgIpc) is 2.94. The maximum absolute atomic E-state index is 14.1. The monoisotopic (exact) mass is 657 g/mol. The van der Waals surface area contributed by atoms with Crippen molar-refractivity contribution < 1.29 is 31.2 Å². The van der Waals surface area contributed by atoms with Crippen LogP contribution in [0.1, 0.15) is 37.0 Å². The fourth-order valence-corrected chi connectivity index (χ4v) is 5.44. The van der Waals surface area contributed by atoms with E-state index in [-0.39, 0.29) is 34.7 Å². The largest absolute Gasteiger partial charge is 0.416 e. The van der Waals surface area contributed by atoms with Gasteiger partial charge in [-0.15, -0.1) is 0 Å². The second-order valence-corrected chi connectivity index (χ2v) is 12.8. The number of carbonyl (C=O) groups is 2. The van der Waals surface area contributed by atoms with Gasteiger partial charge in [0.05, 0.1) is 27.6 Å². The number of sulfonamides is 1. The SMILES string of the molecule is CC[C@@H](C)NC(=O)[C@@H](Cc1ccccc1)N(Cc1ccc(Cl)c(Cl)c1)C(=O)CN(c1cccc(C(F)(F)F)c1)S(C)(=O)=O. The highest BCUT2D eigenvalue weighted by molar-refractivity contribution is 7.92. The smallest absolute Gasteiger partial charge is 0.352 e. The lowest BCUT2D eigenvalue weighted by Crippen LogP contribution is -2.54. The number of anilines is 1. The molecule has 2 atom stereocenters. The van der Waals surface area contributed by atoms with Crippen molar-refractivity contribution in [2.24, 2.45) is 0 Å². The third-order valence-electron chi connectivity index (χ3n) is 6.75. The van der Waals surface area contributed by atoms with Crippen LogP contribution in [0.3, 0.4) is 0 Å². The highest BCUT2D eigenvalue weighted by atomic mass is 35.5. The number of alkyl halides is 3. The molecule has 0 aliphatic carbocycles. The summed E-state index contributed by atoms with van der Waals surface area (Å²) in [6.45, 7) is 2.67. The van der Waals surface area contributed by atoms with Crippen molar-refractivity contribution in [1.29, 1.82) is 0 Å². The highest BCUT2D eigenvalue weighted by Crippen LogP contribution is 2.32. The van der Waals surface area contributed by atoms with Crippen molar-refractivity contribution in [2.45, 2.75) is 51.5 Å². The molecule has 3 rings (SSSR count). The van der Waals surface area contributed by atoms with E-state index in [0.717, 1.165) is 24.0 Å². The molecule has 0 heterocycles. The summed E-state index contributed by atoms with van der Waals surface area (Å²) in [6, 6.07) is 16.0. The van der Waals surface area contributed by atoms with Crippen molar-refractivity contribution in [3.63, 3.8) is 0 Å². The predicted molar refractivity (Wildman–Crippen MR) is 162 cm³/mol. The van der Waals surface area contributed by atoms with Gasteiger partial charge < -0.3 is 10.2 Å². The molecule has 0 aliphatic rings. The molecule has 1 N–H and O–H groups in total. The summed E-state index contributed by atoms with van der Waals surface area (Å²) in [5.41, 5.74) is -0.184. The molecule has 0 spiro atoms. The van der Waals surface area contributed by atoms with E-state index in [4.69, 9.17) is 23.2 Å². The van der Waals surface area contributed by atoms with Gasteiger partial charge in [0.2, 0.25) is 21.8 Å². The fraction of sp³-hybridized carbons (Fsp3) is 0.333. The fourth-order valence-electron chi connectivity index (χ4n) is 4.28. The van der Waals surface area contributed by atoms with E-state index in [1.165, 1.54) is 23.1 Å². The number of nitrogens with zero attached hydrogens (tertiary/aromatic N) is 2. The van der Waals surface area contributed by atoms with Gasteiger partial charge in [0.15, 0.2) is 0 Å². The van der Waals surface area contributed by atoms with Crippen LogP contribution in [0.25, 0.3) is 0 Å². The van der Waals surface area contributed by atoms with E-state index in [2.05, 4.69) is 5.32 Å². The van der Waals surface area contributed by atoms with Crippen LogP contribution in [0.5, 0.6) is 0 Å². The third kappa shape index (κ3) is 9.61. The first kappa shape index (κ1) is 34.2.